The van der Waals surface area contributed by atoms with Crippen LogP contribution >= 0.6 is 0 Å². The average molecular weight is 355 g/mol. The Morgan fingerprint density at radius 2 is 1.44 bits per heavy atom. The minimum atomic E-state index is 0.770. The first kappa shape index (κ1) is 17.3. The van der Waals surface area contributed by atoms with Gasteiger partial charge in [0.15, 0.2) is 0 Å². The molecule has 27 heavy (non-hydrogen) atoms. The van der Waals surface area contributed by atoms with Crippen molar-refractivity contribution < 1.29 is 0 Å². The number of rotatable bonds is 6. The standard InChI is InChI=1S/C24H25N3/c1-3-26(4-2)21-16-11-17-22-23(21)24(20-14-9-6-10-15-20)25-27(22)18-19-12-7-5-8-13-19/h5-17H,3-4,18H2,1-2H3. The number of fused-ring (bicyclic) bond motifs is 1. The number of anilines is 1. The maximum absolute atomic E-state index is 5.06. The molecule has 0 aliphatic rings. The van der Waals surface area contributed by atoms with Gasteiger partial charge in [-0.2, -0.15) is 5.10 Å². The molecular weight excluding hydrogens is 330 g/mol. The van der Waals surface area contributed by atoms with Gasteiger partial charge < -0.3 is 4.90 Å². The van der Waals surface area contributed by atoms with Gasteiger partial charge in [0.05, 0.1) is 17.4 Å². The Bertz CT molecular complexity index is 1020. The largest absolute Gasteiger partial charge is 0.371 e. The molecule has 136 valence electrons. The van der Waals surface area contributed by atoms with E-state index in [0.717, 1.165) is 30.9 Å². The average Bonchev–Trinajstić information content (AvgIpc) is 3.10. The normalized spacial score (nSPS) is 11.0. The highest BCUT2D eigenvalue weighted by Gasteiger charge is 2.18. The summed E-state index contributed by atoms with van der Waals surface area (Å²) in [6, 6.07) is 27.6. The molecule has 0 radical (unpaired) electrons. The lowest BCUT2D eigenvalue weighted by Gasteiger charge is -2.22. The first-order valence-electron chi connectivity index (χ1n) is 9.65. The van der Waals surface area contributed by atoms with Crippen molar-refractivity contribution in [1.82, 2.24) is 9.78 Å². The highest BCUT2D eigenvalue weighted by molar-refractivity contribution is 6.02. The van der Waals surface area contributed by atoms with Crippen molar-refractivity contribution in [3.63, 3.8) is 0 Å². The van der Waals surface area contributed by atoms with Gasteiger partial charge in [-0.1, -0.05) is 66.7 Å². The third-order valence-electron chi connectivity index (χ3n) is 5.08. The van der Waals surface area contributed by atoms with Gasteiger partial charge >= 0.3 is 0 Å². The second kappa shape index (κ2) is 7.67. The summed E-state index contributed by atoms with van der Waals surface area (Å²) in [5.74, 6) is 0. The predicted octanol–water partition coefficient (Wildman–Crippen LogP) is 5.60. The first-order valence-corrected chi connectivity index (χ1v) is 9.65. The molecule has 0 fully saturated rings. The van der Waals surface area contributed by atoms with Crippen LogP contribution in [0.4, 0.5) is 5.69 Å². The van der Waals surface area contributed by atoms with Crippen LogP contribution in [0.25, 0.3) is 22.2 Å². The van der Waals surface area contributed by atoms with E-state index in [1.807, 2.05) is 0 Å². The molecule has 0 atom stereocenters. The second-order valence-electron chi connectivity index (χ2n) is 6.70. The molecule has 0 aliphatic carbocycles. The lowest BCUT2D eigenvalue weighted by Crippen LogP contribution is -2.22. The summed E-state index contributed by atoms with van der Waals surface area (Å²) in [4.78, 5) is 2.41. The Balaban J connectivity index is 1.94. The van der Waals surface area contributed by atoms with Crippen molar-refractivity contribution in [2.24, 2.45) is 0 Å². The Morgan fingerprint density at radius 3 is 2.11 bits per heavy atom. The van der Waals surface area contributed by atoms with Crippen molar-refractivity contribution in [2.45, 2.75) is 20.4 Å². The molecule has 4 rings (SSSR count). The van der Waals surface area contributed by atoms with E-state index >= 15 is 0 Å². The van der Waals surface area contributed by atoms with Crippen LogP contribution in [0.15, 0.2) is 78.9 Å². The summed E-state index contributed by atoms with van der Waals surface area (Å²) in [5.41, 5.74) is 5.92. The maximum atomic E-state index is 5.06. The van der Waals surface area contributed by atoms with Gasteiger partial charge in [0, 0.05) is 24.3 Å². The molecule has 3 nitrogen and oxygen atoms in total. The number of benzene rings is 3. The fraction of sp³-hybridized carbons (Fsp3) is 0.208. The van der Waals surface area contributed by atoms with Crippen molar-refractivity contribution in [2.75, 3.05) is 18.0 Å². The summed E-state index contributed by atoms with van der Waals surface area (Å²) in [5, 5.41) is 6.30. The SMILES string of the molecule is CCN(CC)c1cccc2c1c(-c1ccccc1)nn2Cc1ccccc1. The van der Waals surface area contributed by atoms with Crippen molar-refractivity contribution in [3.05, 3.63) is 84.4 Å². The fourth-order valence-electron chi connectivity index (χ4n) is 3.71. The molecule has 0 bridgehead atoms. The fourth-order valence-corrected chi connectivity index (χ4v) is 3.71. The van der Waals surface area contributed by atoms with Crippen molar-refractivity contribution in [1.29, 1.82) is 0 Å². The first-order chi connectivity index (χ1) is 13.3. The zero-order valence-electron chi connectivity index (χ0n) is 16.0. The van der Waals surface area contributed by atoms with E-state index in [2.05, 4.69) is 102 Å². The summed E-state index contributed by atoms with van der Waals surface area (Å²) in [6.07, 6.45) is 0. The monoisotopic (exact) mass is 355 g/mol. The Hall–Kier alpha value is -3.07. The van der Waals surface area contributed by atoms with Gasteiger partial charge in [-0.25, -0.2) is 0 Å². The van der Waals surface area contributed by atoms with Crippen LogP contribution < -0.4 is 4.90 Å². The van der Waals surface area contributed by atoms with E-state index < -0.39 is 0 Å². The molecular formula is C24H25N3. The van der Waals surface area contributed by atoms with Crippen molar-refractivity contribution in [3.8, 4) is 11.3 Å². The smallest absolute Gasteiger partial charge is 0.102 e. The molecule has 3 aromatic carbocycles. The summed E-state index contributed by atoms with van der Waals surface area (Å²) in [7, 11) is 0. The third kappa shape index (κ3) is 3.33. The predicted molar refractivity (Wildman–Crippen MR) is 114 cm³/mol. The zero-order valence-corrected chi connectivity index (χ0v) is 16.0. The van der Waals surface area contributed by atoms with Crippen molar-refractivity contribution >= 4 is 16.6 Å². The Morgan fingerprint density at radius 1 is 0.778 bits per heavy atom. The summed E-state index contributed by atoms with van der Waals surface area (Å²) in [6.45, 7) is 7.14. The molecule has 4 aromatic rings. The van der Waals surface area contributed by atoms with Gasteiger partial charge in [-0.05, 0) is 31.5 Å². The van der Waals surface area contributed by atoms with Crippen LogP contribution in [0.1, 0.15) is 19.4 Å². The molecule has 0 amide bonds. The molecule has 3 heteroatoms. The van der Waals surface area contributed by atoms with E-state index in [9.17, 15) is 0 Å². The number of nitrogens with zero attached hydrogens (tertiary/aromatic N) is 3. The van der Waals surface area contributed by atoms with Gasteiger partial charge in [0.2, 0.25) is 0 Å². The number of hydrogen-bond acceptors (Lipinski definition) is 2. The lowest BCUT2D eigenvalue weighted by atomic mass is 10.1. The topological polar surface area (TPSA) is 21.1 Å². The molecule has 0 saturated heterocycles. The Labute approximate surface area is 160 Å². The Kier molecular flexibility index (Phi) is 4.93. The van der Waals surface area contributed by atoms with E-state index in [1.165, 1.54) is 22.2 Å². The summed E-state index contributed by atoms with van der Waals surface area (Å²) < 4.78 is 2.14. The van der Waals surface area contributed by atoms with E-state index in [1.54, 1.807) is 0 Å². The van der Waals surface area contributed by atoms with Crippen LogP contribution in [0.5, 0.6) is 0 Å². The number of aromatic nitrogens is 2. The highest BCUT2D eigenvalue weighted by Crippen LogP contribution is 2.35. The van der Waals surface area contributed by atoms with E-state index in [4.69, 9.17) is 5.10 Å². The third-order valence-corrected chi connectivity index (χ3v) is 5.08. The van der Waals surface area contributed by atoms with Crippen LogP contribution in [-0.2, 0) is 6.54 Å². The van der Waals surface area contributed by atoms with Crippen LogP contribution in [0, 0.1) is 0 Å². The zero-order chi connectivity index (χ0) is 18.6. The van der Waals surface area contributed by atoms with Gasteiger partial charge in [-0.15, -0.1) is 0 Å². The van der Waals surface area contributed by atoms with E-state index in [-0.39, 0.29) is 0 Å². The highest BCUT2D eigenvalue weighted by atomic mass is 15.3. The molecule has 0 saturated carbocycles. The van der Waals surface area contributed by atoms with Crippen LogP contribution in [0.2, 0.25) is 0 Å². The molecule has 1 heterocycles. The molecule has 1 aromatic heterocycles. The summed E-state index contributed by atoms with van der Waals surface area (Å²) >= 11 is 0. The lowest BCUT2D eigenvalue weighted by molar-refractivity contribution is 0.715. The number of hydrogen-bond donors (Lipinski definition) is 0. The van der Waals surface area contributed by atoms with Gasteiger partial charge in [0.1, 0.15) is 5.69 Å². The minimum Gasteiger partial charge on any atom is -0.371 e. The van der Waals surface area contributed by atoms with Gasteiger partial charge in [0.25, 0.3) is 0 Å². The quantitative estimate of drug-likeness (QED) is 0.449. The van der Waals surface area contributed by atoms with E-state index in [0.29, 0.717) is 0 Å². The second-order valence-corrected chi connectivity index (χ2v) is 6.70. The maximum Gasteiger partial charge on any atom is 0.102 e. The van der Waals surface area contributed by atoms with Crippen LogP contribution in [0.3, 0.4) is 0 Å². The van der Waals surface area contributed by atoms with Crippen LogP contribution in [-0.4, -0.2) is 22.9 Å². The molecule has 0 spiro atoms. The minimum absolute atomic E-state index is 0.770. The molecule has 0 N–H and O–H groups in total. The molecule has 0 unspecified atom stereocenters. The van der Waals surface area contributed by atoms with Gasteiger partial charge in [-0.3, -0.25) is 4.68 Å². The molecule has 0 aliphatic heterocycles.